The van der Waals surface area contributed by atoms with E-state index in [1.807, 2.05) is 0 Å². The molecule has 0 amide bonds. The van der Waals surface area contributed by atoms with Crippen molar-refractivity contribution < 1.29 is 28.4 Å². The van der Waals surface area contributed by atoms with Crippen LogP contribution in [0.4, 0.5) is 0 Å². The summed E-state index contributed by atoms with van der Waals surface area (Å²) in [7, 11) is 0. The molecule has 304 valence electrons. The van der Waals surface area contributed by atoms with Gasteiger partial charge in [0, 0.05) is 52.7 Å². The highest BCUT2D eigenvalue weighted by molar-refractivity contribution is 4.85. The van der Waals surface area contributed by atoms with Crippen LogP contribution in [0.25, 0.3) is 0 Å². The summed E-state index contributed by atoms with van der Waals surface area (Å²) in [6, 6.07) is 0. The quantitative estimate of drug-likeness (QED) is 0.249. The Labute approximate surface area is 317 Å². The Morgan fingerprint density at radius 3 is 0.569 bits per heavy atom. The predicted molar refractivity (Wildman–Crippen MR) is 216 cm³/mol. The van der Waals surface area contributed by atoms with Gasteiger partial charge in [-0.3, -0.25) is 0 Å². The maximum Gasteiger partial charge on any atom is 0.0701 e. The normalized spacial score (nSPS) is 23.7. The number of allylic oxidation sites excluding steroid dienone is 2. The van der Waals surface area contributed by atoms with Crippen LogP contribution >= 0.6 is 0 Å². The van der Waals surface area contributed by atoms with Crippen LogP contribution in [0, 0.1) is 0 Å². The second-order valence-corrected chi connectivity index (χ2v) is 14.7. The minimum Gasteiger partial charge on any atom is -0.381 e. The number of hydrogen-bond acceptors (Lipinski definition) is 7. The fourth-order valence-electron chi connectivity index (χ4n) is 5.25. The van der Waals surface area contributed by atoms with E-state index in [1.54, 1.807) is 0 Å². The van der Waals surface area contributed by atoms with Crippen molar-refractivity contribution in [2.24, 2.45) is 0 Å². The van der Waals surface area contributed by atoms with Crippen molar-refractivity contribution in [3.05, 3.63) is 12.2 Å². The molecule has 0 radical (unpaired) electrons. The van der Waals surface area contributed by atoms with Crippen molar-refractivity contribution in [2.45, 2.75) is 180 Å². The second kappa shape index (κ2) is 45.6. The minimum absolute atomic E-state index is 0.778. The SMILES string of the molecule is C1=CCCCC1.C1CC1.C1CCC1.C1CCCC1.C1CCCCC1.C1CCOC1.C1CCOCC1.C1COC1.C1COCCN1.C1COCCO1. The molecule has 10 aliphatic rings. The van der Waals surface area contributed by atoms with Gasteiger partial charge in [0.25, 0.3) is 0 Å². The van der Waals surface area contributed by atoms with Crippen molar-refractivity contribution >= 4 is 0 Å². The Kier molecular flexibility index (Phi) is 43.4. The van der Waals surface area contributed by atoms with Gasteiger partial charge in [0.1, 0.15) is 0 Å². The number of hydrogen-bond donors (Lipinski definition) is 1. The monoisotopic (exact) mass is 726 g/mol. The van der Waals surface area contributed by atoms with Gasteiger partial charge in [-0.25, -0.2) is 0 Å². The Balaban J connectivity index is 0.000000285. The van der Waals surface area contributed by atoms with E-state index in [0.717, 1.165) is 92.4 Å². The van der Waals surface area contributed by atoms with Crippen molar-refractivity contribution in [3.63, 3.8) is 0 Å². The van der Waals surface area contributed by atoms with Crippen LogP contribution in [0.3, 0.4) is 0 Å². The number of morpholine rings is 1. The van der Waals surface area contributed by atoms with Gasteiger partial charge in [0.05, 0.1) is 39.6 Å². The van der Waals surface area contributed by atoms with Crippen LogP contribution in [0.15, 0.2) is 12.2 Å². The Hall–Kier alpha value is -0.540. The average Bonchev–Trinajstić information content (AvgIpc) is 3.65. The van der Waals surface area contributed by atoms with Gasteiger partial charge in [-0.1, -0.05) is 128 Å². The third-order valence-electron chi connectivity index (χ3n) is 9.33. The maximum atomic E-state index is 5.07. The lowest BCUT2D eigenvalue weighted by atomic mass is 10.0. The summed E-state index contributed by atoms with van der Waals surface area (Å²) < 4.78 is 29.6. The molecule has 5 saturated heterocycles. The van der Waals surface area contributed by atoms with E-state index in [0.29, 0.717) is 0 Å². The molecule has 0 atom stereocenters. The van der Waals surface area contributed by atoms with Crippen molar-refractivity contribution in [2.75, 3.05) is 92.4 Å². The first kappa shape index (κ1) is 48.5. The first-order chi connectivity index (χ1) is 25.5. The van der Waals surface area contributed by atoms with Crippen LogP contribution in [0.5, 0.6) is 0 Å². The Morgan fingerprint density at radius 1 is 0.216 bits per heavy atom. The van der Waals surface area contributed by atoms with Gasteiger partial charge in [-0.2, -0.15) is 0 Å². The first-order valence-corrected chi connectivity index (χ1v) is 22.3. The Bertz CT molecular complexity index is 471. The standard InChI is InChI=1S/C6H12.C6H10.C5H10O.C5H10.C4H9NO.C4H8O2.C4H8O.C4H8.C3H6O.C3H6/c3*1-2-4-6-5-3-1;1-2-4-5-3-1;1-3-6-4-2-5-1;1-2-6-4-3-5-1;1-2-4-5-3-1;2*1-2-4-3-1;1-2-3-1/h1-6H2;1-2H,3-6H2;1-5H2;1-5H2;5H,1-4H2;1-4H2;1-4H2;1-4H2;1-3H2;1-3H2. The van der Waals surface area contributed by atoms with Crippen molar-refractivity contribution in [3.8, 4) is 0 Å². The summed E-state index contributed by atoms with van der Waals surface area (Å²) in [4.78, 5) is 0. The molecule has 0 spiro atoms. The second-order valence-electron chi connectivity index (χ2n) is 14.7. The van der Waals surface area contributed by atoms with E-state index in [9.17, 15) is 0 Å². The number of ether oxygens (including phenoxy) is 6. The van der Waals surface area contributed by atoms with Gasteiger partial charge in [-0.05, 0) is 64.2 Å². The summed E-state index contributed by atoms with van der Waals surface area (Å²) in [5, 5.41) is 3.16. The van der Waals surface area contributed by atoms with Gasteiger partial charge in [-0.15, -0.1) is 0 Å². The molecule has 4 saturated carbocycles. The molecule has 7 heteroatoms. The predicted octanol–water partition coefficient (Wildman–Crippen LogP) is 11.2. The van der Waals surface area contributed by atoms with Gasteiger partial charge < -0.3 is 33.7 Å². The minimum atomic E-state index is 0.778. The lowest BCUT2D eigenvalue weighted by molar-refractivity contribution is -0.0334. The molecule has 0 unspecified atom stereocenters. The van der Waals surface area contributed by atoms with Crippen LogP contribution in [-0.2, 0) is 28.4 Å². The van der Waals surface area contributed by atoms with E-state index < -0.39 is 0 Å². The van der Waals surface area contributed by atoms with E-state index in [4.69, 9.17) is 28.4 Å². The van der Waals surface area contributed by atoms with Crippen LogP contribution in [0.1, 0.15) is 180 Å². The highest BCUT2D eigenvalue weighted by Gasteiger charge is 1.99. The molecule has 5 aliphatic heterocycles. The largest absolute Gasteiger partial charge is 0.381 e. The molecule has 10 rings (SSSR count). The fraction of sp³-hybridized carbons (Fsp3) is 0.955. The lowest BCUT2D eigenvalue weighted by Gasteiger charge is -2.10. The summed E-state index contributed by atoms with van der Waals surface area (Å²) in [5.41, 5.74) is 0. The van der Waals surface area contributed by atoms with E-state index in [-0.39, 0.29) is 0 Å². The first-order valence-electron chi connectivity index (χ1n) is 22.3. The van der Waals surface area contributed by atoms with Crippen molar-refractivity contribution in [1.29, 1.82) is 0 Å². The average molecular weight is 726 g/mol. The summed E-state index contributed by atoms with van der Waals surface area (Å²) in [6.07, 6.45) is 44.8. The topological polar surface area (TPSA) is 67.4 Å². The van der Waals surface area contributed by atoms with E-state index in [1.165, 1.54) is 180 Å². The molecule has 7 nitrogen and oxygen atoms in total. The zero-order chi connectivity index (χ0) is 36.1. The molecule has 5 heterocycles. The van der Waals surface area contributed by atoms with Gasteiger partial charge >= 0.3 is 0 Å². The summed E-state index contributed by atoms with van der Waals surface area (Å²) in [6.45, 7) is 12.9. The van der Waals surface area contributed by atoms with Gasteiger partial charge in [0.15, 0.2) is 0 Å². The highest BCUT2D eigenvalue weighted by Crippen LogP contribution is 2.16. The zero-order valence-electron chi connectivity index (χ0n) is 33.8. The third-order valence-corrected chi connectivity index (χ3v) is 9.33. The molecule has 5 aliphatic carbocycles. The molecule has 0 bridgehead atoms. The molecule has 51 heavy (non-hydrogen) atoms. The van der Waals surface area contributed by atoms with Crippen LogP contribution in [-0.4, -0.2) is 92.4 Å². The maximum absolute atomic E-state index is 5.07. The zero-order valence-corrected chi connectivity index (χ0v) is 33.8. The van der Waals surface area contributed by atoms with Crippen molar-refractivity contribution in [1.82, 2.24) is 5.32 Å². The number of nitrogens with one attached hydrogen (secondary N) is 1. The van der Waals surface area contributed by atoms with Crippen LogP contribution in [0.2, 0.25) is 0 Å². The van der Waals surface area contributed by atoms with Gasteiger partial charge in [0.2, 0.25) is 0 Å². The van der Waals surface area contributed by atoms with E-state index >= 15 is 0 Å². The molecular weight excluding hydrogens is 638 g/mol. The highest BCUT2D eigenvalue weighted by atomic mass is 16.6. The third kappa shape index (κ3) is 47.4. The summed E-state index contributed by atoms with van der Waals surface area (Å²) in [5.74, 6) is 0. The summed E-state index contributed by atoms with van der Waals surface area (Å²) >= 11 is 0. The fourth-order valence-corrected chi connectivity index (χ4v) is 5.25. The smallest absolute Gasteiger partial charge is 0.0701 e. The molecule has 1 N–H and O–H groups in total. The van der Waals surface area contributed by atoms with E-state index in [2.05, 4.69) is 17.5 Å². The lowest BCUT2D eigenvalue weighted by Crippen LogP contribution is -2.30. The molecule has 9 fully saturated rings. The molecule has 0 aromatic heterocycles. The molecule has 0 aromatic carbocycles. The Morgan fingerprint density at radius 2 is 0.451 bits per heavy atom. The molecule has 0 aromatic rings. The number of rotatable bonds is 0. The molecular formula is C44H87NO6. The van der Waals surface area contributed by atoms with Crippen LogP contribution < -0.4 is 5.32 Å².